The van der Waals surface area contributed by atoms with Crippen LogP contribution in [0.2, 0.25) is 0 Å². The summed E-state index contributed by atoms with van der Waals surface area (Å²) in [7, 11) is 0. The van der Waals surface area contributed by atoms with Gasteiger partial charge in [-0.1, -0.05) is 17.7 Å². The van der Waals surface area contributed by atoms with Crippen LogP contribution in [0.3, 0.4) is 0 Å². The van der Waals surface area contributed by atoms with Crippen molar-refractivity contribution in [2.45, 2.75) is 57.8 Å². The summed E-state index contributed by atoms with van der Waals surface area (Å²) < 4.78 is 12.0. The van der Waals surface area contributed by atoms with Gasteiger partial charge in [0.2, 0.25) is 0 Å². The van der Waals surface area contributed by atoms with Gasteiger partial charge in [-0.15, -0.1) is 0 Å². The Morgan fingerprint density at radius 1 is 1.15 bits per heavy atom. The number of benzene rings is 1. The van der Waals surface area contributed by atoms with Crippen molar-refractivity contribution in [2.24, 2.45) is 0 Å². The molecule has 1 aromatic carbocycles. The van der Waals surface area contributed by atoms with Gasteiger partial charge in [0, 0.05) is 12.6 Å². The maximum Gasteiger partial charge on any atom is 0.122 e. The lowest BCUT2D eigenvalue weighted by Crippen LogP contribution is -2.29. The van der Waals surface area contributed by atoms with Gasteiger partial charge < -0.3 is 14.8 Å². The maximum absolute atomic E-state index is 6.04. The van der Waals surface area contributed by atoms with Crippen molar-refractivity contribution in [3.05, 3.63) is 29.3 Å². The SMILES string of the molecule is Cc1ccc(OCC2CCC(CNC3CC3)O2)c(C)c1. The largest absolute Gasteiger partial charge is 0.491 e. The lowest BCUT2D eigenvalue weighted by atomic mass is 10.1. The summed E-state index contributed by atoms with van der Waals surface area (Å²) in [5.41, 5.74) is 2.48. The zero-order valence-corrected chi connectivity index (χ0v) is 12.5. The van der Waals surface area contributed by atoms with Crippen molar-refractivity contribution in [3.8, 4) is 5.75 Å². The quantitative estimate of drug-likeness (QED) is 0.866. The van der Waals surface area contributed by atoms with Gasteiger partial charge in [0.15, 0.2) is 0 Å². The highest BCUT2D eigenvalue weighted by molar-refractivity contribution is 5.35. The Morgan fingerprint density at radius 3 is 2.70 bits per heavy atom. The molecule has 3 heteroatoms. The molecule has 2 aliphatic rings. The number of ether oxygens (including phenoxy) is 2. The molecular formula is C17H25NO2. The molecule has 1 N–H and O–H groups in total. The number of hydrogen-bond donors (Lipinski definition) is 1. The normalized spacial score (nSPS) is 25.9. The number of hydrogen-bond acceptors (Lipinski definition) is 3. The summed E-state index contributed by atoms with van der Waals surface area (Å²) in [5.74, 6) is 0.985. The highest BCUT2D eigenvalue weighted by Gasteiger charge is 2.28. The summed E-state index contributed by atoms with van der Waals surface area (Å²) in [5, 5.41) is 3.54. The maximum atomic E-state index is 6.04. The Bertz CT molecular complexity index is 456. The highest BCUT2D eigenvalue weighted by atomic mass is 16.5. The molecule has 110 valence electrons. The Kier molecular flexibility index (Phi) is 4.27. The van der Waals surface area contributed by atoms with Crippen LogP contribution in [0.1, 0.15) is 36.8 Å². The average molecular weight is 275 g/mol. The minimum absolute atomic E-state index is 0.252. The fourth-order valence-electron chi connectivity index (χ4n) is 2.78. The van der Waals surface area contributed by atoms with E-state index in [1.807, 2.05) is 0 Å². The first-order valence-electron chi connectivity index (χ1n) is 7.79. The van der Waals surface area contributed by atoms with Gasteiger partial charge in [-0.25, -0.2) is 0 Å². The van der Waals surface area contributed by atoms with Crippen LogP contribution in [-0.2, 0) is 4.74 Å². The van der Waals surface area contributed by atoms with Crippen molar-refractivity contribution in [3.63, 3.8) is 0 Å². The zero-order chi connectivity index (χ0) is 13.9. The van der Waals surface area contributed by atoms with E-state index in [-0.39, 0.29) is 6.10 Å². The van der Waals surface area contributed by atoms with Crippen LogP contribution in [0.5, 0.6) is 5.75 Å². The average Bonchev–Trinajstić information content (AvgIpc) is 3.14. The Labute approximate surface area is 121 Å². The first-order valence-corrected chi connectivity index (χ1v) is 7.79. The Morgan fingerprint density at radius 2 is 1.95 bits per heavy atom. The van der Waals surface area contributed by atoms with Crippen molar-refractivity contribution in [1.82, 2.24) is 5.32 Å². The van der Waals surface area contributed by atoms with Crippen LogP contribution in [0, 0.1) is 13.8 Å². The molecule has 1 saturated heterocycles. The lowest BCUT2D eigenvalue weighted by molar-refractivity contribution is 0.0183. The molecule has 20 heavy (non-hydrogen) atoms. The van der Waals surface area contributed by atoms with Crippen molar-refractivity contribution in [2.75, 3.05) is 13.2 Å². The van der Waals surface area contributed by atoms with E-state index in [9.17, 15) is 0 Å². The molecule has 1 aromatic rings. The smallest absolute Gasteiger partial charge is 0.122 e. The van der Waals surface area contributed by atoms with Gasteiger partial charge in [-0.05, 0) is 51.2 Å². The molecule has 1 aliphatic heterocycles. The fourth-order valence-corrected chi connectivity index (χ4v) is 2.78. The molecule has 0 bridgehead atoms. The van der Waals surface area contributed by atoms with Crippen LogP contribution in [0.25, 0.3) is 0 Å². The molecule has 0 spiro atoms. The van der Waals surface area contributed by atoms with E-state index in [2.05, 4.69) is 37.4 Å². The van der Waals surface area contributed by atoms with Gasteiger partial charge >= 0.3 is 0 Å². The predicted octanol–water partition coefficient (Wildman–Crippen LogP) is 2.98. The second kappa shape index (κ2) is 6.15. The molecule has 1 heterocycles. The zero-order valence-electron chi connectivity index (χ0n) is 12.5. The van der Waals surface area contributed by atoms with E-state index in [0.29, 0.717) is 12.7 Å². The van der Waals surface area contributed by atoms with Gasteiger partial charge in [0.25, 0.3) is 0 Å². The Balaban J connectivity index is 1.42. The minimum Gasteiger partial charge on any atom is -0.491 e. The number of rotatable bonds is 6. The fraction of sp³-hybridized carbons (Fsp3) is 0.647. The number of aryl methyl sites for hydroxylation is 2. The summed E-state index contributed by atoms with van der Waals surface area (Å²) in [6.45, 7) is 5.88. The molecule has 2 fully saturated rings. The molecule has 0 aromatic heterocycles. The first kappa shape index (κ1) is 13.9. The second-order valence-electron chi connectivity index (χ2n) is 6.22. The molecule has 2 unspecified atom stereocenters. The molecule has 0 amide bonds. The number of nitrogens with one attached hydrogen (secondary N) is 1. The molecule has 1 saturated carbocycles. The topological polar surface area (TPSA) is 30.5 Å². The van der Waals surface area contributed by atoms with Crippen LogP contribution in [0.4, 0.5) is 0 Å². The first-order chi connectivity index (χ1) is 9.70. The van der Waals surface area contributed by atoms with E-state index >= 15 is 0 Å². The molecule has 3 nitrogen and oxygen atoms in total. The third-order valence-corrected chi connectivity index (χ3v) is 4.16. The van der Waals surface area contributed by atoms with E-state index in [0.717, 1.165) is 31.2 Å². The van der Waals surface area contributed by atoms with E-state index in [1.165, 1.54) is 24.0 Å². The standard InChI is InChI=1S/C17H25NO2/c1-12-3-8-17(13(2)9-12)19-11-16-7-6-15(20-16)10-18-14-4-5-14/h3,8-9,14-16,18H,4-7,10-11H2,1-2H3. The van der Waals surface area contributed by atoms with Crippen molar-refractivity contribution < 1.29 is 9.47 Å². The third-order valence-electron chi connectivity index (χ3n) is 4.16. The third kappa shape index (κ3) is 3.74. The highest BCUT2D eigenvalue weighted by Crippen LogP contribution is 2.24. The summed E-state index contributed by atoms with van der Waals surface area (Å²) >= 11 is 0. The lowest BCUT2D eigenvalue weighted by Gasteiger charge is -2.16. The molecule has 0 radical (unpaired) electrons. The van der Waals surface area contributed by atoms with Gasteiger partial charge in [-0.3, -0.25) is 0 Å². The summed E-state index contributed by atoms with van der Waals surface area (Å²) in [6, 6.07) is 7.09. The van der Waals surface area contributed by atoms with Crippen molar-refractivity contribution >= 4 is 0 Å². The van der Waals surface area contributed by atoms with E-state index in [1.54, 1.807) is 0 Å². The second-order valence-corrected chi connectivity index (χ2v) is 6.22. The summed E-state index contributed by atoms with van der Waals surface area (Å²) in [6.07, 6.45) is 5.57. The summed E-state index contributed by atoms with van der Waals surface area (Å²) in [4.78, 5) is 0. The van der Waals surface area contributed by atoms with Crippen LogP contribution in [-0.4, -0.2) is 31.4 Å². The van der Waals surface area contributed by atoms with Gasteiger partial charge in [0.1, 0.15) is 12.4 Å². The monoisotopic (exact) mass is 275 g/mol. The minimum atomic E-state index is 0.252. The van der Waals surface area contributed by atoms with E-state index in [4.69, 9.17) is 9.47 Å². The van der Waals surface area contributed by atoms with Crippen LogP contribution >= 0.6 is 0 Å². The van der Waals surface area contributed by atoms with Crippen LogP contribution < -0.4 is 10.1 Å². The molecule has 1 aliphatic carbocycles. The Hall–Kier alpha value is -1.06. The molecule has 2 atom stereocenters. The molecular weight excluding hydrogens is 250 g/mol. The predicted molar refractivity (Wildman–Crippen MR) is 80.3 cm³/mol. The van der Waals surface area contributed by atoms with Crippen molar-refractivity contribution in [1.29, 1.82) is 0 Å². The van der Waals surface area contributed by atoms with Crippen LogP contribution in [0.15, 0.2) is 18.2 Å². The van der Waals surface area contributed by atoms with Gasteiger partial charge in [-0.2, -0.15) is 0 Å². The molecule has 3 rings (SSSR count). The van der Waals surface area contributed by atoms with Gasteiger partial charge in [0.05, 0.1) is 12.2 Å². The van der Waals surface area contributed by atoms with E-state index < -0.39 is 0 Å².